The van der Waals surface area contributed by atoms with Crippen LogP contribution in [0.2, 0.25) is 0 Å². The molecular formula is C16H12N2O2. The molecule has 0 atom stereocenters. The first-order chi connectivity index (χ1) is 9.78. The topological polar surface area (TPSA) is 51.1 Å². The molecule has 4 nitrogen and oxygen atoms in total. The SMILES string of the molecule is O=Cn1ccc2cc(NC(=O)c3ccccc3)ccc21. The fourth-order valence-electron chi connectivity index (χ4n) is 2.13. The number of hydrogen-bond acceptors (Lipinski definition) is 2. The fraction of sp³-hybridized carbons (Fsp3) is 0. The molecule has 0 unspecified atom stereocenters. The highest BCUT2D eigenvalue weighted by Gasteiger charge is 2.06. The van der Waals surface area contributed by atoms with Gasteiger partial charge in [-0.05, 0) is 36.4 Å². The molecule has 0 saturated heterocycles. The van der Waals surface area contributed by atoms with Crippen LogP contribution >= 0.6 is 0 Å². The first-order valence-electron chi connectivity index (χ1n) is 6.20. The van der Waals surface area contributed by atoms with Gasteiger partial charge in [-0.25, -0.2) is 0 Å². The molecule has 0 bridgehead atoms. The Morgan fingerprint density at radius 1 is 1.05 bits per heavy atom. The Bertz CT molecular complexity index is 776. The van der Waals surface area contributed by atoms with Gasteiger partial charge in [0.15, 0.2) is 0 Å². The van der Waals surface area contributed by atoms with Gasteiger partial charge in [0.2, 0.25) is 6.41 Å². The van der Waals surface area contributed by atoms with E-state index in [1.54, 1.807) is 24.4 Å². The van der Waals surface area contributed by atoms with Crippen molar-refractivity contribution in [2.45, 2.75) is 0 Å². The molecule has 0 aliphatic heterocycles. The van der Waals surface area contributed by atoms with Crippen molar-refractivity contribution in [3.8, 4) is 0 Å². The van der Waals surface area contributed by atoms with Crippen molar-refractivity contribution < 1.29 is 9.59 Å². The number of nitrogens with one attached hydrogen (secondary N) is 1. The zero-order valence-electron chi connectivity index (χ0n) is 10.6. The Balaban J connectivity index is 1.88. The molecule has 20 heavy (non-hydrogen) atoms. The van der Waals surface area contributed by atoms with Gasteiger partial charge in [-0.2, -0.15) is 0 Å². The number of hydrogen-bond donors (Lipinski definition) is 1. The number of rotatable bonds is 3. The second-order valence-corrected chi connectivity index (χ2v) is 4.42. The Morgan fingerprint density at radius 2 is 1.85 bits per heavy atom. The summed E-state index contributed by atoms with van der Waals surface area (Å²) in [7, 11) is 0. The number of carbonyl (C=O) groups is 2. The molecule has 0 fully saturated rings. The number of fused-ring (bicyclic) bond motifs is 1. The lowest BCUT2D eigenvalue weighted by Gasteiger charge is -2.05. The summed E-state index contributed by atoms with van der Waals surface area (Å²) in [5.74, 6) is -0.153. The zero-order chi connectivity index (χ0) is 13.9. The molecule has 0 aliphatic carbocycles. The van der Waals surface area contributed by atoms with E-state index in [1.165, 1.54) is 4.57 Å². The molecule has 0 spiro atoms. The molecular weight excluding hydrogens is 252 g/mol. The van der Waals surface area contributed by atoms with Gasteiger partial charge in [-0.3, -0.25) is 14.2 Å². The number of benzene rings is 2. The Morgan fingerprint density at radius 3 is 2.60 bits per heavy atom. The van der Waals surface area contributed by atoms with Crippen LogP contribution in [0.25, 0.3) is 10.9 Å². The minimum absolute atomic E-state index is 0.153. The van der Waals surface area contributed by atoms with E-state index in [0.29, 0.717) is 11.3 Å². The summed E-state index contributed by atoms with van der Waals surface area (Å²) < 4.78 is 1.50. The molecule has 4 heteroatoms. The van der Waals surface area contributed by atoms with E-state index in [1.807, 2.05) is 36.4 Å². The molecule has 1 aromatic heterocycles. The number of carbonyl (C=O) groups excluding carboxylic acids is 2. The van der Waals surface area contributed by atoms with Crippen LogP contribution in [-0.4, -0.2) is 16.9 Å². The fourth-order valence-corrected chi connectivity index (χ4v) is 2.13. The summed E-state index contributed by atoms with van der Waals surface area (Å²) in [6.07, 6.45) is 2.45. The van der Waals surface area contributed by atoms with Gasteiger partial charge >= 0.3 is 0 Å². The van der Waals surface area contributed by atoms with Gasteiger partial charge in [-0.1, -0.05) is 18.2 Å². The van der Waals surface area contributed by atoms with Gasteiger partial charge in [0.25, 0.3) is 5.91 Å². The quantitative estimate of drug-likeness (QED) is 0.739. The van der Waals surface area contributed by atoms with Gasteiger partial charge in [-0.15, -0.1) is 0 Å². The van der Waals surface area contributed by atoms with Crippen LogP contribution in [0.15, 0.2) is 60.8 Å². The Hall–Kier alpha value is -2.88. The standard InChI is InChI=1S/C16H12N2O2/c19-11-18-9-8-13-10-14(6-7-15(13)18)17-16(20)12-4-2-1-3-5-12/h1-11H,(H,17,20). The van der Waals surface area contributed by atoms with Crippen molar-refractivity contribution >= 4 is 28.9 Å². The average molecular weight is 264 g/mol. The van der Waals surface area contributed by atoms with Crippen LogP contribution < -0.4 is 5.32 Å². The highest BCUT2D eigenvalue weighted by Crippen LogP contribution is 2.20. The summed E-state index contributed by atoms with van der Waals surface area (Å²) in [6, 6.07) is 16.3. The number of nitrogens with zero attached hydrogens (tertiary/aromatic N) is 1. The Kier molecular flexibility index (Phi) is 3.05. The summed E-state index contributed by atoms with van der Waals surface area (Å²) in [4.78, 5) is 22.9. The van der Waals surface area contributed by atoms with Crippen molar-refractivity contribution in [1.29, 1.82) is 0 Å². The number of aromatic nitrogens is 1. The van der Waals surface area contributed by atoms with Crippen molar-refractivity contribution in [3.63, 3.8) is 0 Å². The predicted octanol–water partition coefficient (Wildman–Crippen LogP) is 2.93. The first kappa shape index (κ1) is 12.2. The van der Waals surface area contributed by atoms with Crippen LogP contribution in [0.3, 0.4) is 0 Å². The molecule has 0 saturated carbocycles. The maximum atomic E-state index is 12.0. The van der Waals surface area contributed by atoms with Gasteiger partial charge in [0.05, 0.1) is 5.52 Å². The lowest BCUT2D eigenvalue weighted by molar-refractivity contribution is 0.102. The van der Waals surface area contributed by atoms with E-state index in [9.17, 15) is 9.59 Å². The van der Waals surface area contributed by atoms with Crippen LogP contribution in [0.1, 0.15) is 10.4 Å². The predicted molar refractivity (Wildman–Crippen MR) is 78.5 cm³/mol. The van der Waals surface area contributed by atoms with Gasteiger partial charge in [0.1, 0.15) is 0 Å². The van der Waals surface area contributed by atoms with Crippen molar-refractivity contribution in [3.05, 3.63) is 66.4 Å². The molecule has 2 aromatic carbocycles. The van der Waals surface area contributed by atoms with Crippen LogP contribution in [0, 0.1) is 0 Å². The molecule has 3 aromatic rings. The minimum Gasteiger partial charge on any atom is -0.322 e. The molecule has 1 N–H and O–H groups in total. The van der Waals surface area contributed by atoms with Crippen molar-refractivity contribution in [2.75, 3.05) is 5.32 Å². The molecule has 0 aliphatic rings. The summed E-state index contributed by atoms with van der Waals surface area (Å²) in [5, 5.41) is 3.75. The largest absolute Gasteiger partial charge is 0.322 e. The van der Waals surface area contributed by atoms with E-state index in [-0.39, 0.29) is 5.91 Å². The lowest BCUT2D eigenvalue weighted by atomic mass is 10.2. The van der Waals surface area contributed by atoms with E-state index in [4.69, 9.17) is 0 Å². The second-order valence-electron chi connectivity index (χ2n) is 4.42. The van der Waals surface area contributed by atoms with Gasteiger partial charge < -0.3 is 5.32 Å². The minimum atomic E-state index is -0.153. The average Bonchev–Trinajstić information content (AvgIpc) is 2.90. The highest BCUT2D eigenvalue weighted by atomic mass is 16.1. The number of amides is 1. The highest BCUT2D eigenvalue weighted by molar-refractivity contribution is 6.05. The summed E-state index contributed by atoms with van der Waals surface area (Å²) >= 11 is 0. The van der Waals surface area contributed by atoms with Crippen LogP contribution in [0.4, 0.5) is 5.69 Å². The third-order valence-corrected chi connectivity index (χ3v) is 3.13. The van der Waals surface area contributed by atoms with E-state index < -0.39 is 0 Å². The van der Waals surface area contributed by atoms with Crippen LogP contribution in [-0.2, 0) is 4.79 Å². The van der Waals surface area contributed by atoms with E-state index in [2.05, 4.69) is 5.32 Å². The third-order valence-electron chi connectivity index (χ3n) is 3.13. The Labute approximate surface area is 115 Å². The lowest BCUT2D eigenvalue weighted by Crippen LogP contribution is -2.11. The monoisotopic (exact) mass is 264 g/mol. The van der Waals surface area contributed by atoms with Crippen LogP contribution in [0.5, 0.6) is 0 Å². The first-order valence-corrected chi connectivity index (χ1v) is 6.20. The second kappa shape index (κ2) is 5.01. The van der Waals surface area contributed by atoms with E-state index >= 15 is 0 Å². The van der Waals surface area contributed by atoms with E-state index in [0.717, 1.165) is 17.3 Å². The molecule has 1 amide bonds. The maximum Gasteiger partial charge on any atom is 0.255 e. The third kappa shape index (κ3) is 2.19. The molecule has 0 radical (unpaired) electrons. The maximum absolute atomic E-state index is 12.0. The molecule has 1 heterocycles. The van der Waals surface area contributed by atoms with Gasteiger partial charge in [0, 0.05) is 22.8 Å². The van der Waals surface area contributed by atoms with Crippen molar-refractivity contribution in [1.82, 2.24) is 4.57 Å². The molecule has 3 rings (SSSR count). The number of anilines is 1. The molecule has 98 valence electrons. The smallest absolute Gasteiger partial charge is 0.255 e. The zero-order valence-corrected chi connectivity index (χ0v) is 10.6. The summed E-state index contributed by atoms with van der Waals surface area (Å²) in [5.41, 5.74) is 2.13. The normalized spacial score (nSPS) is 10.4. The van der Waals surface area contributed by atoms with Crippen molar-refractivity contribution in [2.24, 2.45) is 0 Å². The summed E-state index contributed by atoms with van der Waals surface area (Å²) in [6.45, 7) is 0.